The lowest BCUT2D eigenvalue weighted by molar-refractivity contribution is -0.128. The summed E-state index contributed by atoms with van der Waals surface area (Å²) in [6, 6.07) is 1.49. The number of aromatic nitrogens is 2. The van der Waals surface area contributed by atoms with E-state index in [4.69, 9.17) is 0 Å². The van der Waals surface area contributed by atoms with Gasteiger partial charge in [0, 0.05) is 13.2 Å². The van der Waals surface area contributed by atoms with E-state index in [1.54, 1.807) is 13.2 Å². The molecule has 1 aromatic heterocycles. The summed E-state index contributed by atoms with van der Waals surface area (Å²) in [5.41, 5.74) is 0.146. The molecule has 0 aliphatic heterocycles. The van der Waals surface area contributed by atoms with Crippen LogP contribution >= 0.6 is 0 Å². The molecule has 0 aromatic carbocycles. The van der Waals surface area contributed by atoms with Crippen LogP contribution in [0.1, 0.15) is 24.3 Å². The van der Waals surface area contributed by atoms with Gasteiger partial charge in [0.05, 0.1) is 0 Å². The minimum Gasteiger partial charge on any atom is -0.299 e. The second-order valence-electron chi connectivity index (χ2n) is 3.39. The molecule has 0 aliphatic rings. The van der Waals surface area contributed by atoms with E-state index in [2.05, 4.69) is 5.10 Å². The first-order valence-electron chi connectivity index (χ1n) is 4.48. The fraction of sp³-hybridized carbons (Fsp3) is 0.400. The van der Waals surface area contributed by atoms with Crippen molar-refractivity contribution < 1.29 is 14.4 Å². The Morgan fingerprint density at radius 3 is 2.13 bits per heavy atom. The van der Waals surface area contributed by atoms with Gasteiger partial charge >= 0.3 is 0 Å². The van der Waals surface area contributed by atoms with Crippen molar-refractivity contribution in [1.29, 1.82) is 0 Å². The zero-order valence-corrected chi connectivity index (χ0v) is 8.85. The van der Waals surface area contributed by atoms with Gasteiger partial charge in [-0.15, -0.1) is 0 Å². The lowest BCUT2D eigenvalue weighted by atomic mass is 9.94. The lowest BCUT2D eigenvalue weighted by Gasteiger charge is -2.06. The Kier molecular flexibility index (Phi) is 3.14. The van der Waals surface area contributed by atoms with Crippen molar-refractivity contribution in [3.05, 3.63) is 18.0 Å². The van der Waals surface area contributed by atoms with Gasteiger partial charge in [0.2, 0.25) is 5.78 Å². The first kappa shape index (κ1) is 11.3. The van der Waals surface area contributed by atoms with Crippen molar-refractivity contribution in [3.8, 4) is 0 Å². The standard InChI is InChI=1S/C10H12N2O3/c1-6(13)9(7(2)14)10(15)8-4-5-12(3)11-8/h4-5,9H,1-3H3. The molecule has 0 bridgehead atoms. The van der Waals surface area contributed by atoms with E-state index in [0.29, 0.717) is 0 Å². The van der Waals surface area contributed by atoms with E-state index in [1.165, 1.54) is 24.6 Å². The molecule has 0 N–H and O–H groups in total. The van der Waals surface area contributed by atoms with Crippen LogP contribution < -0.4 is 0 Å². The molecule has 1 rings (SSSR count). The van der Waals surface area contributed by atoms with Gasteiger partial charge in [-0.1, -0.05) is 0 Å². The summed E-state index contributed by atoms with van der Waals surface area (Å²) in [5.74, 6) is -2.63. The summed E-state index contributed by atoms with van der Waals surface area (Å²) in [4.78, 5) is 34.0. The molecular formula is C10H12N2O3. The van der Waals surface area contributed by atoms with Gasteiger partial charge in [0.1, 0.15) is 23.2 Å². The van der Waals surface area contributed by atoms with Crippen LogP contribution in [-0.2, 0) is 16.6 Å². The van der Waals surface area contributed by atoms with E-state index in [9.17, 15) is 14.4 Å². The molecular weight excluding hydrogens is 196 g/mol. The Hall–Kier alpha value is -1.78. The lowest BCUT2D eigenvalue weighted by Crippen LogP contribution is -2.29. The van der Waals surface area contributed by atoms with Crippen LogP contribution in [0.2, 0.25) is 0 Å². The molecule has 0 fully saturated rings. The fourth-order valence-corrected chi connectivity index (χ4v) is 1.35. The molecule has 5 heteroatoms. The van der Waals surface area contributed by atoms with Crippen LogP contribution in [0.4, 0.5) is 0 Å². The van der Waals surface area contributed by atoms with Gasteiger partial charge < -0.3 is 0 Å². The number of hydrogen-bond acceptors (Lipinski definition) is 4. The molecule has 0 radical (unpaired) electrons. The zero-order valence-electron chi connectivity index (χ0n) is 8.85. The predicted molar refractivity (Wildman–Crippen MR) is 52.4 cm³/mol. The molecule has 5 nitrogen and oxygen atoms in total. The number of aryl methyl sites for hydroxylation is 1. The molecule has 0 saturated heterocycles. The van der Waals surface area contributed by atoms with Crippen molar-refractivity contribution in [1.82, 2.24) is 9.78 Å². The summed E-state index contributed by atoms with van der Waals surface area (Å²) < 4.78 is 1.45. The predicted octanol–water partition coefficient (Wildman–Crippen LogP) is 0.397. The third-order valence-corrected chi connectivity index (χ3v) is 2.04. The normalized spacial score (nSPS) is 10.4. The molecule has 0 unspecified atom stereocenters. The van der Waals surface area contributed by atoms with Crippen molar-refractivity contribution in [2.45, 2.75) is 13.8 Å². The van der Waals surface area contributed by atoms with E-state index in [1.807, 2.05) is 0 Å². The molecule has 1 heterocycles. The summed E-state index contributed by atoms with van der Waals surface area (Å²) in [5, 5.41) is 3.86. The second kappa shape index (κ2) is 4.16. The molecule has 1 aromatic rings. The van der Waals surface area contributed by atoms with Crippen LogP contribution in [0, 0.1) is 5.92 Å². The largest absolute Gasteiger partial charge is 0.299 e. The molecule has 15 heavy (non-hydrogen) atoms. The van der Waals surface area contributed by atoms with Crippen molar-refractivity contribution in [2.75, 3.05) is 0 Å². The van der Waals surface area contributed by atoms with Crippen molar-refractivity contribution >= 4 is 17.3 Å². The van der Waals surface area contributed by atoms with E-state index in [-0.39, 0.29) is 5.69 Å². The topological polar surface area (TPSA) is 69.0 Å². The zero-order chi connectivity index (χ0) is 11.6. The van der Waals surface area contributed by atoms with Crippen LogP contribution in [0.25, 0.3) is 0 Å². The van der Waals surface area contributed by atoms with Crippen LogP contribution in [0.5, 0.6) is 0 Å². The first-order chi connectivity index (χ1) is 6.93. The van der Waals surface area contributed by atoms with Gasteiger partial charge in [-0.25, -0.2) is 0 Å². The van der Waals surface area contributed by atoms with Crippen LogP contribution in [0.3, 0.4) is 0 Å². The van der Waals surface area contributed by atoms with E-state index in [0.717, 1.165) is 0 Å². The number of rotatable bonds is 4. The SMILES string of the molecule is CC(=O)C(C(C)=O)C(=O)c1ccn(C)n1. The molecule has 0 amide bonds. The highest BCUT2D eigenvalue weighted by molar-refractivity contribution is 6.22. The third kappa shape index (κ3) is 2.37. The maximum atomic E-state index is 11.7. The van der Waals surface area contributed by atoms with Gasteiger partial charge in [-0.3, -0.25) is 19.1 Å². The summed E-state index contributed by atoms with van der Waals surface area (Å²) in [6.45, 7) is 2.46. The number of carbonyl (C=O) groups excluding carboxylic acids is 3. The van der Waals surface area contributed by atoms with Crippen molar-refractivity contribution in [3.63, 3.8) is 0 Å². The van der Waals surface area contributed by atoms with Gasteiger partial charge in [-0.05, 0) is 19.9 Å². The fourth-order valence-electron chi connectivity index (χ4n) is 1.35. The first-order valence-corrected chi connectivity index (χ1v) is 4.48. The summed E-state index contributed by atoms with van der Waals surface area (Å²) in [6.07, 6.45) is 1.59. The van der Waals surface area contributed by atoms with Gasteiger partial charge in [0.15, 0.2) is 0 Å². The number of carbonyl (C=O) groups is 3. The minimum absolute atomic E-state index is 0.146. The molecule has 0 aliphatic carbocycles. The molecule has 0 saturated carbocycles. The maximum Gasteiger partial charge on any atom is 0.200 e. The third-order valence-electron chi connectivity index (χ3n) is 2.04. The molecule has 0 atom stereocenters. The Morgan fingerprint density at radius 1 is 1.27 bits per heavy atom. The average molecular weight is 208 g/mol. The van der Waals surface area contributed by atoms with E-state index < -0.39 is 23.3 Å². The summed E-state index contributed by atoms with van der Waals surface area (Å²) >= 11 is 0. The number of hydrogen-bond donors (Lipinski definition) is 0. The number of nitrogens with zero attached hydrogens (tertiary/aromatic N) is 2. The van der Waals surface area contributed by atoms with Crippen molar-refractivity contribution in [2.24, 2.45) is 13.0 Å². The Morgan fingerprint density at radius 2 is 1.80 bits per heavy atom. The van der Waals surface area contributed by atoms with Crippen LogP contribution in [0.15, 0.2) is 12.3 Å². The average Bonchev–Trinajstić information content (AvgIpc) is 2.50. The van der Waals surface area contributed by atoms with Crippen LogP contribution in [-0.4, -0.2) is 27.1 Å². The highest BCUT2D eigenvalue weighted by Gasteiger charge is 2.30. The smallest absolute Gasteiger partial charge is 0.200 e. The maximum absolute atomic E-state index is 11.7. The van der Waals surface area contributed by atoms with E-state index >= 15 is 0 Å². The second-order valence-corrected chi connectivity index (χ2v) is 3.39. The molecule has 0 spiro atoms. The number of Topliss-reactive ketones (excluding diaryl/α,β-unsaturated/α-hetero) is 3. The molecule has 80 valence electrons. The highest BCUT2D eigenvalue weighted by atomic mass is 16.2. The summed E-state index contributed by atoms with van der Waals surface area (Å²) in [7, 11) is 1.66. The Bertz CT molecular complexity index is 406. The number of ketones is 3. The Labute approximate surface area is 87.1 Å². The monoisotopic (exact) mass is 208 g/mol. The highest BCUT2D eigenvalue weighted by Crippen LogP contribution is 2.09. The van der Waals surface area contributed by atoms with Gasteiger partial charge in [-0.2, -0.15) is 5.10 Å². The Balaban J connectivity index is 3.01. The minimum atomic E-state index is -1.21. The van der Waals surface area contributed by atoms with Gasteiger partial charge in [0.25, 0.3) is 0 Å². The quantitative estimate of drug-likeness (QED) is 0.530.